The van der Waals surface area contributed by atoms with Crippen LogP contribution in [-0.4, -0.2) is 12.5 Å². The van der Waals surface area contributed by atoms with Crippen LogP contribution in [0.25, 0.3) is 10.8 Å². The van der Waals surface area contributed by atoms with Gasteiger partial charge in [-0.25, -0.2) is 0 Å². The number of halogens is 1. The van der Waals surface area contributed by atoms with Crippen LogP contribution in [0, 0.1) is 11.8 Å². The Bertz CT molecular complexity index is 916. The van der Waals surface area contributed by atoms with E-state index in [9.17, 15) is 4.79 Å². The number of fused-ring (bicyclic) bond motifs is 1. The molecule has 0 atom stereocenters. The highest BCUT2D eigenvalue weighted by Crippen LogP contribution is 2.18. The first-order chi connectivity index (χ1) is 11.2. The Kier molecular flexibility index (Phi) is 4.61. The molecule has 0 unspecified atom stereocenters. The number of amides is 1. The molecule has 0 aliphatic rings. The van der Waals surface area contributed by atoms with Gasteiger partial charge in [0.05, 0.1) is 6.54 Å². The quantitative estimate of drug-likeness (QED) is 0.702. The molecule has 0 saturated carbocycles. The minimum Gasteiger partial charge on any atom is -0.341 e. The smallest absolute Gasteiger partial charge is 0.252 e. The van der Waals surface area contributed by atoms with Gasteiger partial charge in [0, 0.05) is 16.1 Å². The van der Waals surface area contributed by atoms with E-state index < -0.39 is 0 Å². The first kappa shape index (κ1) is 15.1. The number of hydrogen-bond acceptors (Lipinski definition) is 1. The summed E-state index contributed by atoms with van der Waals surface area (Å²) in [7, 11) is 0. The third-order valence-electron chi connectivity index (χ3n) is 3.43. The molecule has 0 heterocycles. The first-order valence-electron chi connectivity index (χ1n) is 7.24. The Morgan fingerprint density at radius 1 is 1.00 bits per heavy atom. The topological polar surface area (TPSA) is 29.1 Å². The van der Waals surface area contributed by atoms with Crippen molar-refractivity contribution in [3.05, 3.63) is 82.9 Å². The van der Waals surface area contributed by atoms with Crippen LogP contribution in [0.5, 0.6) is 0 Å². The maximum Gasteiger partial charge on any atom is 0.252 e. The lowest BCUT2D eigenvalue weighted by molar-refractivity contribution is 0.0960. The normalized spacial score (nSPS) is 9.96. The van der Waals surface area contributed by atoms with Gasteiger partial charge in [0.25, 0.3) is 5.91 Å². The van der Waals surface area contributed by atoms with Crippen molar-refractivity contribution in [3.8, 4) is 11.8 Å². The van der Waals surface area contributed by atoms with Gasteiger partial charge in [-0.3, -0.25) is 4.79 Å². The van der Waals surface area contributed by atoms with Gasteiger partial charge in [0.1, 0.15) is 0 Å². The molecule has 1 N–H and O–H groups in total. The van der Waals surface area contributed by atoms with Crippen LogP contribution in [0.15, 0.2) is 66.7 Å². The molecule has 0 aliphatic heterocycles. The number of carbonyl (C=O) groups is 1. The molecule has 0 radical (unpaired) electrons. The molecule has 112 valence electrons. The van der Waals surface area contributed by atoms with Crippen molar-refractivity contribution in [1.82, 2.24) is 5.32 Å². The van der Waals surface area contributed by atoms with Crippen LogP contribution in [0.3, 0.4) is 0 Å². The lowest BCUT2D eigenvalue weighted by Gasteiger charge is -2.05. The lowest BCUT2D eigenvalue weighted by Crippen LogP contribution is -2.23. The Balaban J connectivity index is 1.70. The van der Waals surface area contributed by atoms with Crippen LogP contribution in [0.4, 0.5) is 0 Å². The second-order valence-electron chi connectivity index (χ2n) is 5.02. The lowest BCUT2D eigenvalue weighted by atomic mass is 10.0. The number of benzene rings is 3. The van der Waals surface area contributed by atoms with Crippen molar-refractivity contribution < 1.29 is 4.79 Å². The van der Waals surface area contributed by atoms with Gasteiger partial charge >= 0.3 is 0 Å². The third-order valence-corrected chi connectivity index (χ3v) is 3.66. The van der Waals surface area contributed by atoms with Crippen molar-refractivity contribution in [2.75, 3.05) is 6.54 Å². The Labute approximate surface area is 140 Å². The highest BCUT2D eigenvalue weighted by Gasteiger charge is 2.07. The van der Waals surface area contributed by atoms with E-state index in [1.807, 2.05) is 54.6 Å². The molecule has 1 amide bonds. The van der Waals surface area contributed by atoms with E-state index in [4.69, 9.17) is 11.6 Å². The fourth-order valence-electron chi connectivity index (χ4n) is 2.36. The monoisotopic (exact) mass is 319 g/mol. The minimum atomic E-state index is -0.123. The third kappa shape index (κ3) is 3.71. The Hall–Kier alpha value is -2.76. The predicted molar refractivity (Wildman–Crippen MR) is 94.6 cm³/mol. The highest BCUT2D eigenvalue weighted by atomic mass is 35.5. The fourth-order valence-corrected chi connectivity index (χ4v) is 2.55. The van der Waals surface area contributed by atoms with Gasteiger partial charge in [-0.15, -0.1) is 0 Å². The molecular weight excluding hydrogens is 306 g/mol. The summed E-state index contributed by atoms with van der Waals surface area (Å²) in [6, 6.07) is 20.8. The van der Waals surface area contributed by atoms with E-state index in [-0.39, 0.29) is 12.5 Å². The van der Waals surface area contributed by atoms with Gasteiger partial charge in [0.2, 0.25) is 0 Å². The highest BCUT2D eigenvalue weighted by molar-refractivity contribution is 6.30. The summed E-state index contributed by atoms with van der Waals surface area (Å²) in [4.78, 5) is 12.3. The van der Waals surface area contributed by atoms with Gasteiger partial charge < -0.3 is 5.32 Å². The van der Waals surface area contributed by atoms with Crippen molar-refractivity contribution >= 4 is 28.3 Å². The van der Waals surface area contributed by atoms with Gasteiger partial charge in [-0.05, 0) is 35.0 Å². The average molecular weight is 320 g/mol. The molecule has 0 saturated heterocycles. The van der Waals surface area contributed by atoms with E-state index in [2.05, 4.69) is 17.2 Å². The molecule has 3 heteroatoms. The average Bonchev–Trinajstić information content (AvgIpc) is 2.58. The maximum absolute atomic E-state index is 12.3. The minimum absolute atomic E-state index is 0.123. The van der Waals surface area contributed by atoms with Gasteiger partial charge in [-0.1, -0.05) is 65.9 Å². The summed E-state index contributed by atoms with van der Waals surface area (Å²) in [6.45, 7) is 0.286. The molecule has 0 bridgehead atoms. The summed E-state index contributed by atoms with van der Waals surface area (Å²) < 4.78 is 0. The summed E-state index contributed by atoms with van der Waals surface area (Å²) in [5.74, 6) is 5.79. The van der Waals surface area contributed by atoms with Crippen LogP contribution >= 0.6 is 11.6 Å². The predicted octanol–water partition coefficient (Wildman–Crippen LogP) is 4.27. The maximum atomic E-state index is 12.3. The van der Waals surface area contributed by atoms with Crippen LogP contribution < -0.4 is 5.32 Å². The van der Waals surface area contributed by atoms with Crippen molar-refractivity contribution in [2.45, 2.75) is 0 Å². The second-order valence-corrected chi connectivity index (χ2v) is 5.46. The molecule has 3 aromatic carbocycles. The molecule has 23 heavy (non-hydrogen) atoms. The number of rotatable bonds is 2. The van der Waals surface area contributed by atoms with E-state index in [0.29, 0.717) is 10.6 Å². The number of nitrogens with one attached hydrogen (secondary N) is 1. The first-order valence-corrected chi connectivity index (χ1v) is 7.62. The van der Waals surface area contributed by atoms with Crippen LogP contribution in [0.2, 0.25) is 5.02 Å². The van der Waals surface area contributed by atoms with Crippen LogP contribution in [0.1, 0.15) is 15.9 Å². The summed E-state index contributed by atoms with van der Waals surface area (Å²) in [5.41, 5.74) is 1.49. The van der Waals surface area contributed by atoms with Gasteiger partial charge in [-0.2, -0.15) is 0 Å². The standard InChI is InChI=1S/C20H14ClNO/c21-17-10-3-6-15(14-17)7-5-13-22-20(23)19-12-4-9-16-8-1-2-11-18(16)19/h1-4,6,8-12,14H,13H2,(H,22,23). The van der Waals surface area contributed by atoms with Crippen molar-refractivity contribution in [2.24, 2.45) is 0 Å². The molecule has 0 aromatic heterocycles. The van der Waals surface area contributed by atoms with E-state index in [0.717, 1.165) is 16.3 Å². The molecule has 0 spiro atoms. The fraction of sp³-hybridized carbons (Fsp3) is 0.0500. The zero-order valence-corrected chi connectivity index (χ0v) is 13.1. The summed E-state index contributed by atoms with van der Waals surface area (Å²) in [6.07, 6.45) is 0. The van der Waals surface area contributed by atoms with Crippen LogP contribution in [-0.2, 0) is 0 Å². The van der Waals surface area contributed by atoms with Gasteiger partial charge in [0.15, 0.2) is 0 Å². The zero-order valence-electron chi connectivity index (χ0n) is 12.3. The molecular formula is C20H14ClNO. The molecule has 3 rings (SSSR count). The van der Waals surface area contributed by atoms with Crippen molar-refractivity contribution in [3.63, 3.8) is 0 Å². The number of carbonyl (C=O) groups excluding carboxylic acids is 1. The van der Waals surface area contributed by atoms with E-state index in [1.54, 1.807) is 12.1 Å². The van der Waals surface area contributed by atoms with E-state index >= 15 is 0 Å². The summed E-state index contributed by atoms with van der Waals surface area (Å²) >= 11 is 5.91. The molecule has 0 fully saturated rings. The second kappa shape index (κ2) is 7.00. The summed E-state index contributed by atoms with van der Waals surface area (Å²) in [5, 5.41) is 5.47. The zero-order chi connectivity index (χ0) is 16.1. The Morgan fingerprint density at radius 3 is 2.65 bits per heavy atom. The Morgan fingerprint density at radius 2 is 1.78 bits per heavy atom. The SMILES string of the molecule is O=C(NCC#Cc1cccc(Cl)c1)c1cccc2ccccc12. The van der Waals surface area contributed by atoms with E-state index in [1.165, 1.54) is 0 Å². The molecule has 3 aromatic rings. The molecule has 0 aliphatic carbocycles. The van der Waals surface area contributed by atoms with Crippen molar-refractivity contribution in [1.29, 1.82) is 0 Å². The molecule has 2 nitrogen and oxygen atoms in total. The number of hydrogen-bond donors (Lipinski definition) is 1. The largest absolute Gasteiger partial charge is 0.341 e.